The van der Waals surface area contributed by atoms with Crippen molar-refractivity contribution in [3.8, 4) is 0 Å². The van der Waals surface area contributed by atoms with E-state index in [0.717, 1.165) is 6.08 Å². The highest BCUT2D eigenvalue weighted by atomic mass is 19.4. The SMILES string of the molecule is O=C1OCCN1C(=O)/C(=C/c1ccccc1)NC(=O)C(F)(F)F. The van der Waals surface area contributed by atoms with E-state index in [1.807, 2.05) is 0 Å². The van der Waals surface area contributed by atoms with Crippen molar-refractivity contribution in [3.63, 3.8) is 0 Å². The normalized spacial score (nSPS) is 15.3. The molecule has 1 saturated heterocycles. The first-order chi connectivity index (χ1) is 10.8. The Balaban J connectivity index is 2.31. The van der Waals surface area contributed by atoms with Crippen LogP contribution in [0.2, 0.25) is 0 Å². The summed E-state index contributed by atoms with van der Waals surface area (Å²) in [6.45, 7) is -0.165. The first-order valence-electron chi connectivity index (χ1n) is 6.42. The maximum atomic E-state index is 12.4. The average Bonchev–Trinajstić information content (AvgIpc) is 2.92. The number of nitrogens with one attached hydrogen (secondary N) is 1. The zero-order valence-corrected chi connectivity index (χ0v) is 11.6. The van der Waals surface area contributed by atoms with Crippen LogP contribution >= 0.6 is 0 Å². The van der Waals surface area contributed by atoms with Crippen molar-refractivity contribution >= 4 is 24.0 Å². The molecule has 9 heteroatoms. The lowest BCUT2D eigenvalue weighted by Gasteiger charge is -2.15. The second-order valence-electron chi connectivity index (χ2n) is 4.49. The van der Waals surface area contributed by atoms with Gasteiger partial charge in [0.05, 0.1) is 6.54 Å². The van der Waals surface area contributed by atoms with E-state index in [9.17, 15) is 27.6 Å². The molecule has 0 saturated carbocycles. The molecule has 1 N–H and O–H groups in total. The molecule has 0 bridgehead atoms. The number of hydrogen-bond acceptors (Lipinski definition) is 4. The average molecular weight is 328 g/mol. The number of cyclic esters (lactones) is 1. The number of carbonyl (C=O) groups is 3. The maximum absolute atomic E-state index is 12.4. The van der Waals surface area contributed by atoms with Crippen LogP contribution in [0.5, 0.6) is 0 Å². The Morgan fingerprint density at radius 1 is 1.22 bits per heavy atom. The molecule has 0 aliphatic carbocycles. The van der Waals surface area contributed by atoms with E-state index in [1.54, 1.807) is 18.2 Å². The van der Waals surface area contributed by atoms with Crippen LogP contribution in [-0.4, -0.2) is 42.1 Å². The minimum atomic E-state index is -5.17. The molecule has 0 atom stereocenters. The van der Waals surface area contributed by atoms with Crippen LogP contribution in [0.25, 0.3) is 6.08 Å². The fraction of sp³-hybridized carbons (Fsp3) is 0.214. The van der Waals surface area contributed by atoms with Gasteiger partial charge in [0, 0.05) is 0 Å². The van der Waals surface area contributed by atoms with E-state index in [2.05, 4.69) is 4.74 Å². The molecular formula is C14H11F3N2O4. The summed E-state index contributed by atoms with van der Waals surface area (Å²) in [5, 5.41) is 1.50. The molecule has 2 rings (SSSR count). The van der Waals surface area contributed by atoms with E-state index < -0.39 is 29.8 Å². The molecule has 1 aromatic carbocycles. The van der Waals surface area contributed by atoms with Gasteiger partial charge in [0.25, 0.3) is 5.91 Å². The number of nitrogens with zero attached hydrogens (tertiary/aromatic N) is 1. The van der Waals surface area contributed by atoms with E-state index in [1.165, 1.54) is 17.4 Å². The molecule has 1 aliphatic heterocycles. The zero-order chi connectivity index (χ0) is 17.0. The summed E-state index contributed by atoms with van der Waals surface area (Å²) < 4.78 is 41.8. The minimum Gasteiger partial charge on any atom is -0.447 e. The summed E-state index contributed by atoms with van der Waals surface area (Å²) >= 11 is 0. The van der Waals surface area contributed by atoms with E-state index in [0.29, 0.717) is 10.5 Å². The van der Waals surface area contributed by atoms with Gasteiger partial charge in [-0.05, 0) is 11.6 Å². The van der Waals surface area contributed by atoms with E-state index in [4.69, 9.17) is 0 Å². The van der Waals surface area contributed by atoms with Crippen molar-refractivity contribution in [3.05, 3.63) is 41.6 Å². The van der Waals surface area contributed by atoms with Crippen molar-refractivity contribution in [2.75, 3.05) is 13.2 Å². The van der Waals surface area contributed by atoms with E-state index >= 15 is 0 Å². The first-order valence-corrected chi connectivity index (χ1v) is 6.42. The standard InChI is InChI=1S/C14H11F3N2O4/c15-14(16,17)12(21)18-10(8-9-4-2-1-3-5-9)11(20)19-6-7-23-13(19)22/h1-5,8H,6-7H2,(H,18,21)/b10-8-. The summed E-state index contributed by atoms with van der Waals surface area (Å²) in [7, 11) is 0. The molecule has 0 unspecified atom stereocenters. The molecule has 1 aromatic rings. The molecule has 1 aliphatic rings. The van der Waals surface area contributed by atoms with Crippen LogP contribution in [0.4, 0.5) is 18.0 Å². The lowest BCUT2D eigenvalue weighted by atomic mass is 10.2. The maximum Gasteiger partial charge on any atom is 0.471 e. The lowest BCUT2D eigenvalue weighted by molar-refractivity contribution is -0.173. The van der Waals surface area contributed by atoms with Crippen molar-refractivity contribution in [1.82, 2.24) is 10.2 Å². The van der Waals surface area contributed by atoms with Gasteiger partial charge in [0.1, 0.15) is 12.3 Å². The van der Waals surface area contributed by atoms with Crippen molar-refractivity contribution in [2.24, 2.45) is 0 Å². The Labute approximate surface area is 128 Å². The number of carbonyl (C=O) groups excluding carboxylic acids is 3. The van der Waals surface area contributed by atoms with Gasteiger partial charge in [-0.3, -0.25) is 9.59 Å². The Kier molecular flexibility index (Phi) is 4.68. The van der Waals surface area contributed by atoms with E-state index in [-0.39, 0.29) is 13.2 Å². The second kappa shape index (κ2) is 6.51. The fourth-order valence-corrected chi connectivity index (χ4v) is 1.78. The predicted octanol–water partition coefficient (Wildman–Crippen LogP) is 1.68. The Hall–Kier alpha value is -2.84. The highest BCUT2D eigenvalue weighted by molar-refractivity contribution is 6.08. The third-order valence-electron chi connectivity index (χ3n) is 2.85. The summed E-state index contributed by atoms with van der Waals surface area (Å²) in [6.07, 6.45) is -5.09. The van der Waals surface area contributed by atoms with Gasteiger partial charge in [-0.25, -0.2) is 9.69 Å². The molecule has 0 spiro atoms. The van der Waals surface area contributed by atoms with Gasteiger partial charge in [0.15, 0.2) is 0 Å². The Bertz CT molecular complexity index is 656. The number of rotatable bonds is 3. The number of benzene rings is 1. The highest BCUT2D eigenvalue weighted by Crippen LogP contribution is 2.17. The van der Waals surface area contributed by atoms with Gasteiger partial charge in [0.2, 0.25) is 0 Å². The van der Waals surface area contributed by atoms with Crippen molar-refractivity contribution in [2.45, 2.75) is 6.18 Å². The number of imide groups is 1. The van der Waals surface area contributed by atoms with Gasteiger partial charge in [-0.1, -0.05) is 30.3 Å². The molecule has 1 fully saturated rings. The monoisotopic (exact) mass is 328 g/mol. The highest BCUT2D eigenvalue weighted by Gasteiger charge is 2.41. The third-order valence-corrected chi connectivity index (χ3v) is 2.85. The molecule has 23 heavy (non-hydrogen) atoms. The molecule has 0 radical (unpaired) electrons. The molecule has 3 amide bonds. The zero-order valence-electron chi connectivity index (χ0n) is 11.6. The molecule has 122 valence electrons. The van der Waals surface area contributed by atoms with Crippen LogP contribution in [0.1, 0.15) is 5.56 Å². The number of hydrogen-bond donors (Lipinski definition) is 1. The Morgan fingerprint density at radius 2 is 1.87 bits per heavy atom. The summed E-state index contributed by atoms with van der Waals surface area (Å²) in [5.74, 6) is -3.38. The summed E-state index contributed by atoms with van der Waals surface area (Å²) in [6, 6.07) is 7.92. The third kappa shape index (κ3) is 4.09. The molecule has 6 nitrogen and oxygen atoms in total. The number of halogens is 3. The minimum absolute atomic E-state index is 0.0591. The largest absolute Gasteiger partial charge is 0.471 e. The quantitative estimate of drug-likeness (QED) is 0.857. The lowest BCUT2D eigenvalue weighted by Crippen LogP contribution is -2.43. The van der Waals surface area contributed by atoms with Crippen LogP contribution in [0.3, 0.4) is 0 Å². The molecular weight excluding hydrogens is 317 g/mol. The summed E-state index contributed by atoms with van der Waals surface area (Å²) in [4.78, 5) is 35.3. The molecule has 0 aromatic heterocycles. The fourth-order valence-electron chi connectivity index (χ4n) is 1.78. The number of amides is 3. The van der Waals surface area contributed by atoms with Crippen LogP contribution in [-0.2, 0) is 14.3 Å². The van der Waals surface area contributed by atoms with Crippen molar-refractivity contribution < 1.29 is 32.3 Å². The Morgan fingerprint density at radius 3 is 2.39 bits per heavy atom. The van der Waals surface area contributed by atoms with Gasteiger partial charge in [-0.2, -0.15) is 13.2 Å². The van der Waals surface area contributed by atoms with Gasteiger partial charge >= 0.3 is 18.2 Å². The van der Waals surface area contributed by atoms with Gasteiger partial charge < -0.3 is 10.1 Å². The topological polar surface area (TPSA) is 75.7 Å². The van der Waals surface area contributed by atoms with Crippen LogP contribution < -0.4 is 5.32 Å². The first kappa shape index (κ1) is 16.5. The number of ether oxygens (including phenoxy) is 1. The predicted molar refractivity (Wildman–Crippen MR) is 71.7 cm³/mol. The molecule has 1 heterocycles. The van der Waals surface area contributed by atoms with Crippen molar-refractivity contribution in [1.29, 1.82) is 0 Å². The number of alkyl halides is 3. The second-order valence-corrected chi connectivity index (χ2v) is 4.49. The van der Waals surface area contributed by atoms with Crippen LogP contribution in [0.15, 0.2) is 36.0 Å². The van der Waals surface area contributed by atoms with Gasteiger partial charge in [-0.15, -0.1) is 0 Å². The summed E-state index contributed by atoms with van der Waals surface area (Å²) in [5.41, 5.74) is -0.289. The van der Waals surface area contributed by atoms with Crippen LogP contribution in [0, 0.1) is 0 Å². The smallest absolute Gasteiger partial charge is 0.447 e.